The lowest BCUT2D eigenvalue weighted by Crippen LogP contribution is -2.38. The van der Waals surface area contributed by atoms with Crippen molar-refractivity contribution in [2.75, 3.05) is 31.6 Å². The number of amides is 1. The molecule has 182 valence electrons. The first-order valence-electron chi connectivity index (χ1n) is 12.0. The van der Waals surface area contributed by atoms with Gasteiger partial charge in [-0.25, -0.2) is 9.37 Å². The summed E-state index contributed by atoms with van der Waals surface area (Å²) < 4.78 is 25.3. The highest BCUT2D eigenvalue weighted by Crippen LogP contribution is 2.33. The Morgan fingerprint density at radius 1 is 1.06 bits per heavy atom. The van der Waals surface area contributed by atoms with Crippen molar-refractivity contribution in [2.24, 2.45) is 0 Å². The number of aryl methyl sites for hydroxylation is 1. The quantitative estimate of drug-likeness (QED) is 0.524. The van der Waals surface area contributed by atoms with Crippen LogP contribution in [0, 0.1) is 12.7 Å². The molecule has 35 heavy (non-hydrogen) atoms. The van der Waals surface area contributed by atoms with E-state index in [4.69, 9.17) is 19.4 Å². The van der Waals surface area contributed by atoms with Gasteiger partial charge in [-0.05, 0) is 61.2 Å². The van der Waals surface area contributed by atoms with Crippen LogP contribution in [0.1, 0.15) is 35.2 Å². The van der Waals surface area contributed by atoms with Gasteiger partial charge in [0.1, 0.15) is 17.3 Å². The lowest BCUT2D eigenvalue weighted by atomic mass is 10.0. The minimum Gasteiger partial charge on any atom is -0.497 e. The predicted molar refractivity (Wildman–Crippen MR) is 131 cm³/mol. The van der Waals surface area contributed by atoms with E-state index in [9.17, 15) is 9.18 Å². The number of methoxy groups -OCH3 is 1. The van der Waals surface area contributed by atoms with E-state index < -0.39 is 0 Å². The number of ether oxygens (including phenoxy) is 2. The molecule has 0 bridgehead atoms. The summed E-state index contributed by atoms with van der Waals surface area (Å²) in [6.45, 7) is 4.49. The summed E-state index contributed by atoms with van der Waals surface area (Å²) in [5.41, 5.74) is 3.11. The maximum absolute atomic E-state index is 13.8. The van der Waals surface area contributed by atoms with Crippen LogP contribution in [0.3, 0.4) is 0 Å². The molecule has 0 saturated carbocycles. The van der Waals surface area contributed by atoms with E-state index in [0.717, 1.165) is 48.5 Å². The van der Waals surface area contributed by atoms with Crippen molar-refractivity contribution in [3.8, 4) is 17.4 Å². The molecule has 0 spiro atoms. The van der Waals surface area contributed by atoms with Gasteiger partial charge in [-0.2, -0.15) is 4.98 Å². The fourth-order valence-electron chi connectivity index (χ4n) is 4.59. The van der Waals surface area contributed by atoms with Crippen LogP contribution in [-0.4, -0.2) is 47.5 Å². The van der Waals surface area contributed by atoms with E-state index in [0.29, 0.717) is 42.7 Å². The lowest BCUT2D eigenvalue weighted by Gasteiger charge is -2.30. The van der Waals surface area contributed by atoms with Gasteiger partial charge < -0.3 is 19.3 Å². The summed E-state index contributed by atoms with van der Waals surface area (Å²) in [4.78, 5) is 26.8. The zero-order chi connectivity index (χ0) is 24.4. The standard InChI is InChI=1S/C27H29FN4O3/c1-18-14-21(8-9-23(18)28)35-26-22-17-32(25(33)16-19-6-5-7-20(15-19)34-2)13-10-24(22)29-27(30-26)31-11-3-4-12-31/h5-9,14-15H,3-4,10-13,16-17H2,1-2H3. The highest BCUT2D eigenvalue weighted by molar-refractivity contribution is 5.79. The summed E-state index contributed by atoms with van der Waals surface area (Å²) in [6.07, 6.45) is 3.13. The first kappa shape index (κ1) is 23.1. The lowest BCUT2D eigenvalue weighted by molar-refractivity contribution is -0.131. The molecule has 1 saturated heterocycles. The number of fused-ring (bicyclic) bond motifs is 1. The third kappa shape index (κ3) is 5.06. The third-order valence-corrected chi connectivity index (χ3v) is 6.59. The molecule has 8 heteroatoms. The Kier molecular flexibility index (Phi) is 6.53. The van der Waals surface area contributed by atoms with Crippen LogP contribution < -0.4 is 14.4 Å². The van der Waals surface area contributed by atoms with Crippen LogP contribution in [-0.2, 0) is 24.2 Å². The SMILES string of the molecule is COc1cccc(CC(=O)N2CCc3nc(N4CCCC4)nc(Oc4ccc(F)c(C)c4)c3C2)c1. The molecular weight excluding hydrogens is 447 g/mol. The minimum atomic E-state index is -0.283. The van der Waals surface area contributed by atoms with Gasteiger partial charge in [-0.1, -0.05) is 12.1 Å². The molecule has 7 nitrogen and oxygen atoms in total. The van der Waals surface area contributed by atoms with Crippen LogP contribution >= 0.6 is 0 Å². The van der Waals surface area contributed by atoms with E-state index in [1.54, 1.807) is 26.2 Å². The Hall–Kier alpha value is -3.68. The van der Waals surface area contributed by atoms with Crippen LogP contribution in [0.2, 0.25) is 0 Å². The second kappa shape index (κ2) is 9.90. The Labute approximate surface area is 204 Å². The molecule has 0 atom stereocenters. The molecule has 1 amide bonds. The van der Waals surface area contributed by atoms with Crippen molar-refractivity contribution < 1.29 is 18.7 Å². The molecule has 3 heterocycles. The molecular formula is C27H29FN4O3. The summed E-state index contributed by atoms with van der Waals surface area (Å²) >= 11 is 0. The number of rotatable bonds is 6. The largest absolute Gasteiger partial charge is 0.497 e. The molecule has 1 fully saturated rings. The van der Waals surface area contributed by atoms with E-state index in [-0.39, 0.29) is 18.1 Å². The second-order valence-electron chi connectivity index (χ2n) is 9.05. The molecule has 3 aromatic rings. The molecule has 2 aromatic carbocycles. The van der Waals surface area contributed by atoms with Crippen LogP contribution in [0.15, 0.2) is 42.5 Å². The number of benzene rings is 2. The summed E-state index contributed by atoms with van der Waals surface area (Å²) in [5, 5.41) is 0. The number of hydrogen-bond acceptors (Lipinski definition) is 6. The highest BCUT2D eigenvalue weighted by atomic mass is 19.1. The van der Waals surface area contributed by atoms with Crippen molar-refractivity contribution in [3.05, 3.63) is 70.7 Å². The first-order valence-corrected chi connectivity index (χ1v) is 12.0. The van der Waals surface area contributed by atoms with Crippen LogP contribution in [0.5, 0.6) is 17.4 Å². The van der Waals surface area contributed by atoms with Crippen molar-refractivity contribution in [1.82, 2.24) is 14.9 Å². The predicted octanol–water partition coefficient (Wildman–Crippen LogP) is 4.45. The van der Waals surface area contributed by atoms with Gasteiger partial charge in [-0.3, -0.25) is 4.79 Å². The average Bonchev–Trinajstić information content (AvgIpc) is 3.41. The number of halogens is 1. The Balaban J connectivity index is 1.42. The van der Waals surface area contributed by atoms with Gasteiger partial charge in [0.25, 0.3) is 0 Å². The van der Waals surface area contributed by atoms with Crippen molar-refractivity contribution in [1.29, 1.82) is 0 Å². The Morgan fingerprint density at radius 2 is 1.89 bits per heavy atom. The fourth-order valence-corrected chi connectivity index (χ4v) is 4.59. The van der Waals surface area contributed by atoms with Crippen LogP contribution in [0.25, 0.3) is 0 Å². The third-order valence-electron chi connectivity index (χ3n) is 6.59. The maximum atomic E-state index is 13.8. The highest BCUT2D eigenvalue weighted by Gasteiger charge is 2.28. The number of hydrogen-bond donors (Lipinski definition) is 0. The van der Waals surface area contributed by atoms with E-state index in [1.165, 1.54) is 6.07 Å². The average molecular weight is 477 g/mol. The number of anilines is 1. The summed E-state index contributed by atoms with van der Waals surface area (Å²) in [6, 6.07) is 12.2. The molecule has 0 unspecified atom stereocenters. The van der Waals surface area contributed by atoms with Gasteiger partial charge in [0.15, 0.2) is 0 Å². The van der Waals surface area contributed by atoms with Gasteiger partial charge in [0.05, 0.1) is 31.3 Å². The second-order valence-corrected chi connectivity index (χ2v) is 9.05. The molecule has 0 aliphatic carbocycles. The van der Waals surface area contributed by atoms with Crippen molar-refractivity contribution >= 4 is 11.9 Å². The summed E-state index contributed by atoms with van der Waals surface area (Å²) in [5.74, 6) is 2.07. The molecule has 2 aliphatic heterocycles. The molecule has 0 radical (unpaired) electrons. The van der Waals surface area contributed by atoms with Crippen LogP contribution in [0.4, 0.5) is 10.3 Å². The number of aromatic nitrogens is 2. The molecule has 1 aromatic heterocycles. The molecule has 5 rings (SSSR count). The van der Waals surface area contributed by atoms with Gasteiger partial charge in [-0.15, -0.1) is 0 Å². The Morgan fingerprint density at radius 3 is 2.66 bits per heavy atom. The number of carbonyl (C=O) groups excluding carboxylic acids is 1. The minimum absolute atomic E-state index is 0.0242. The topological polar surface area (TPSA) is 67.8 Å². The molecule has 0 N–H and O–H groups in total. The zero-order valence-electron chi connectivity index (χ0n) is 20.1. The fraction of sp³-hybridized carbons (Fsp3) is 0.370. The maximum Gasteiger partial charge on any atom is 0.229 e. The van der Waals surface area contributed by atoms with E-state index >= 15 is 0 Å². The monoisotopic (exact) mass is 476 g/mol. The number of nitrogens with zero attached hydrogens (tertiary/aromatic N) is 4. The van der Waals surface area contributed by atoms with E-state index in [1.807, 2.05) is 29.2 Å². The van der Waals surface area contributed by atoms with E-state index in [2.05, 4.69) is 4.90 Å². The van der Waals surface area contributed by atoms with Gasteiger partial charge >= 0.3 is 0 Å². The van der Waals surface area contributed by atoms with Crippen molar-refractivity contribution in [3.63, 3.8) is 0 Å². The van der Waals surface area contributed by atoms with Crippen molar-refractivity contribution in [2.45, 2.75) is 39.2 Å². The normalized spacial score (nSPS) is 15.2. The smallest absolute Gasteiger partial charge is 0.229 e. The number of carbonyl (C=O) groups is 1. The van der Waals surface area contributed by atoms with Gasteiger partial charge in [0, 0.05) is 26.1 Å². The zero-order valence-corrected chi connectivity index (χ0v) is 20.1. The Bertz CT molecular complexity index is 1240. The summed E-state index contributed by atoms with van der Waals surface area (Å²) in [7, 11) is 1.61. The molecule has 2 aliphatic rings. The first-order chi connectivity index (χ1) is 17.0. The van der Waals surface area contributed by atoms with Gasteiger partial charge in [0.2, 0.25) is 17.7 Å².